The van der Waals surface area contributed by atoms with E-state index < -0.39 is 0 Å². The van der Waals surface area contributed by atoms with Crippen LogP contribution in [0, 0.1) is 5.82 Å². The number of thioether (sulfide) groups is 1. The number of carbonyl (C=O) groups is 1. The molecule has 0 saturated heterocycles. The summed E-state index contributed by atoms with van der Waals surface area (Å²) in [5.74, 6) is -0.687. The highest BCUT2D eigenvalue weighted by Gasteiger charge is 2.18. The maximum Gasteiger partial charge on any atom is 0.345 e. The monoisotopic (exact) mass is 301 g/mol. The lowest BCUT2D eigenvalue weighted by Gasteiger charge is -2.16. The largest absolute Gasteiger partial charge is 0.457 e. The molecule has 21 heavy (non-hydrogen) atoms. The fourth-order valence-electron chi connectivity index (χ4n) is 1.90. The lowest BCUT2D eigenvalue weighted by Crippen LogP contribution is -2.10. The van der Waals surface area contributed by atoms with E-state index in [9.17, 15) is 9.18 Å². The van der Waals surface area contributed by atoms with Gasteiger partial charge >= 0.3 is 5.97 Å². The molecule has 3 nitrogen and oxygen atoms in total. The summed E-state index contributed by atoms with van der Waals surface area (Å²) in [6, 6.07) is 5.89. The Morgan fingerprint density at radius 3 is 2.86 bits per heavy atom. The topological polar surface area (TPSA) is 38.3 Å². The van der Waals surface area contributed by atoms with Crippen molar-refractivity contribution in [2.45, 2.75) is 6.61 Å². The predicted octanol–water partition coefficient (Wildman–Crippen LogP) is 3.38. The molecule has 2 aliphatic heterocycles. The van der Waals surface area contributed by atoms with Gasteiger partial charge in [0.1, 0.15) is 12.4 Å². The van der Waals surface area contributed by atoms with Gasteiger partial charge in [-0.25, -0.2) is 9.18 Å². The lowest BCUT2D eigenvalue weighted by molar-refractivity contribution is -0.139. The molecule has 2 aliphatic rings. The van der Waals surface area contributed by atoms with Crippen LogP contribution in [0.25, 0.3) is 0 Å². The minimum Gasteiger partial charge on any atom is -0.457 e. The molecule has 1 N–H and O–H groups in total. The Hall–Kier alpha value is -2.27. The third-order valence-corrected chi connectivity index (χ3v) is 3.93. The minimum absolute atomic E-state index is 0.130. The molecule has 0 spiro atoms. The fourth-order valence-corrected chi connectivity index (χ4v) is 2.72. The summed E-state index contributed by atoms with van der Waals surface area (Å²) in [5.41, 5.74) is 2.77. The van der Waals surface area contributed by atoms with Crippen LogP contribution in [0.1, 0.15) is 5.56 Å². The summed E-state index contributed by atoms with van der Waals surface area (Å²) in [5, 5.41) is 4.90. The Bertz CT molecular complexity index is 687. The van der Waals surface area contributed by atoms with Crippen LogP contribution >= 0.6 is 11.8 Å². The first-order valence-electron chi connectivity index (χ1n) is 6.35. The van der Waals surface area contributed by atoms with Gasteiger partial charge in [0, 0.05) is 12.4 Å². The first kappa shape index (κ1) is 13.7. The predicted molar refractivity (Wildman–Crippen MR) is 80.3 cm³/mol. The Morgan fingerprint density at radius 2 is 2.05 bits per heavy atom. The van der Waals surface area contributed by atoms with Crippen LogP contribution in [0.3, 0.4) is 0 Å². The maximum absolute atomic E-state index is 12.8. The maximum atomic E-state index is 12.8. The van der Waals surface area contributed by atoms with Crippen molar-refractivity contribution >= 4 is 17.7 Å². The third-order valence-electron chi connectivity index (χ3n) is 3.02. The molecule has 1 aromatic rings. The van der Waals surface area contributed by atoms with Crippen molar-refractivity contribution in [3.8, 4) is 0 Å². The molecule has 0 aromatic heterocycles. The zero-order chi connectivity index (χ0) is 14.7. The molecule has 0 saturated carbocycles. The van der Waals surface area contributed by atoms with E-state index in [1.54, 1.807) is 18.2 Å². The molecule has 1 aromatic carbocycles. The fraction of sp³-hybridized carbons (Fsp3) is 0.0625. The number of dihydropyridines is 1. The van der Waals surface area contributed by atoms with Crippen molar-refractivity contribution in [3.63, 3.8) is 0 Å². The number of esters is 1. The van der Waals surface area contributed by atoms with E-state index in [1.165, 1.54) is 23.9 Å². The number of ether oxygens (including phenoxy) is 1. The second-order valence-corrected chi connectivity index (χ2v) is 5.41. The van der Waals surface area contributed by atoms with Crippen LogP contribution in [0.5, 0.6) is 0 Å². The number of carbonyl (C=O) groups excluding carboxylic acids is 1. The number of fused-ring (bicyclic) bond motifs is 1. The normalized spacial score (nSPS) is 16.1. The molecule has 0 amide bonds. The highest BCUT2D eigenvalue weighted by molar-refractivity contribution is 8.06. The average molecular weight is 301 g/mol. The molecule has 0 fully saturated rings. The van der Waals surface area contributed by atoms with Crippen LogP contribution in [0.2, 0.25) is 0 Å². The molecule has 0 unspecified atom stereocenters. The van der Waals surface area contributed by atoms with Gasteiger partial charge in [0.25, 0.3) is 0 Å². The zero-order valence-corrected chi connectivity index (χ0v) is 11.8. The van der Waals surface area contributed by atoms with E-state index in [-0.39, 0.29) is 18.4 Å². The van der Waals surface area contributed by atoms with Crippen molar-refractivity contribution in [3.05, 3.63) is 81.7 Å². The molecule has 0 atom stereocenters. The summed E-state index contributed by atoms with van der Waals surface area (Å²) in [6.45, 7) is 0.130. The molecular formula is C16H12FNO2S. The molecule has 106 valence electrons. The summed E-state index contributed by atoms with van der Waals surface area (Å²) >= 11 is 1.34. The van der Waals surface area contributed by atoms with Gasteiger partial charge in [0.05, 0.1) is 4.91 Å². The quantitative estimate of drug-likeness (QED) is 0.869. The Balaban J connectivity index is 1.63. The van der Waals surface area contributed by atoms with Gasteiger partial charge in [-0.1, -0.05) is 23.9 Å². The van der Waals surface area contributed by atoms with Crippen LogP contribution in [0.4, 0.5) is 4.39 Å². The van der Waals surface area contributed by atoms with Gasteiger partial charge in [-0.15, -0.1) is 0 Å². The third kappa shape index (κ3) is 3.25. The Morgan fingerprint density at radius 1 is 1.24 bits per heavy atom. The second-order valence-electron chi connectivity index (χ2n) is 4.50. The minimum atomic E-state index is -0.380. The summed E-state index contributed by atoms with van der Waals surface area (Å²) < 4.78 is 18.0. The van der Waals surface area contributed by atoms with Gasteiger partial charge in [0.15, 0.2) is 0 Å². The van der Waals surface area contributed by atoms with E-state index in [0.29, 0.717) is 4.91 Å². The van der Waals surface area contributed by atoms with Crippen molar-refractivity contribution in [1.82, 2.24) is 5.32 Å². The second kappa shape index (κ2) is 6.01. The molecular weight excluding hydrogens is 289 g/mol. The zero-order valence-electron chi connectivity index (χ0n) is 11.0. The lowest BCUT2D eigenvalue weighted by atomic mass is 10.1. The smallest absolute Gasteiger partial charge is 0.345 e. The van der Waals surface area contributed by atoms with Gasteiger partial charge in [-0.05, 0) is 46.4 Å². The number of nitrogens with one attached hydrogen (secondary N) is 1. The van der Waals surface area contributed by atoms with E-state index in [2.05, 4.69) is 5.32 Å². The van der Waals surface area contributed by atoms with Crippen molar-refractivity contribution in [2.75, 3.05) is 0 Å². The SMILES string of the molecule is O=C(OCc1ccc(F)cc1)C1=CC2=CNC=CC2=CS1. The number of allylic oxidation sites excluding steroid dienone is 4. The van der Waals surface area contributed by atoms with E-state index in [1.807, 2.05) is 23.9 Å². The first-order valence-corrected chi connectivity index (χ1v) is 7.23. The van der Waals surface area contributed by atoms with Crippen molar-refractivity contribution in [1.29, 1.82) is 0 Å². The summed E-state index contributed by atoms with van der Waals surface area (Å²) in [6.07, 6.45) is 7.41. The molecule has 0 bridgehead atoms. The average Bonchev–Trinajstić information content (AvgIpc) is 2.53. The molecule has 5 heteroatoms. The van der Waals surface area contributed by atoms with Crippen LogP contribution in [0.15, 0.2) is 70.3 Å². The standard InChI is InChI=1S/C16H12FNO2S/c17-14-3-1-11(2-4-14)9-20-16(19)15-7-13-8-18-6-5-12(13)10-21-15/h1-8,10,18H,9H2. The molecule has 3 rings (SSSR count). The first-order chi connectivity index (χ1) is 10.2. The van der Waals surface area contributed by atoms with Gasteiger partial charge in [-0.3, -0.25) is 0 Å². The van der Waals surface area contributed by atoms with E-state index >= 15 is 0 Å². The van der Waals surface area contributed by atoms with Crippen LogP contribution < -0.4 is 5.32 Å². The Kier molecular flexibility index (Phi) is 3.92. The summed E-state index contributed by atoms with van der Waals surface area (Å²) in [4.78, 5) is 12.6. The highest BCUT2D eigenvalue weighted by atomic mass is 32.2. The van der Waals surface area contributed by atoms with Crippen LogP contribution in [-0.2, 0) is 16.1 Å². The number of benzene rings is 1. The number of hydrogen-bond acceptors (Lipinski definition) is 4. The van der Waals surface area contributed by atoms with Gasteiger partial charge in [-0.2, -0.15) is 0 Å². The van der Waals surface area contributed by atoms with Crippen molar-refractivity contribution in [2.24, 2.45) is 0 Å². The van der Waals surface area contributed by atoms with E-state index in [0.717, 1.165) is 16.7 Å². The number of rotatable bonds is 3. The molecule has 0 radical (unpaired) electrons. The summed E-state index contributed by atoms with van der Waals surface area (Å²) in [7, 11) is 0. The van der Waals surface area contributed by atoms with Crippen LogP contribution in [-0.4, -0.2) is 5.97 Å². The Labute approximate surface area is 125 Å². The van der Waals surface area contributed by atoms with E-state index in [4.69, 9.17) is 4.74 Å². The van der Waals surface area contributed by atoms with Crippen molar-refractivity contribution < 1.29 is 13.9 Å². The van der Waals surface area contributed by atoms with Gasteiger partial charge < -0.3 is 10.1 Å². The number of hydrogen-bond donors (Lipinski definition) is 1. The molecule has 2 heterocycles. The highest BCUT2D eigenvalue weighted by Crippen LogP contribution is 2.32. The number of halogens is 1. The molecule has 0 aliphatic carbocycles. The van der Waals surface area contributed by atoms with Gasteiger partial charge in [0.2, 0.25) is 0 Å².